The zero-order valence-electron chi connectivity index (χ0n) is 12.0. The molecule has 1 aliphatic heterocycles. The van der Waals surface area contributed by atoms with Crippen LogP contribution in [0.3, 0.4) is 0 Å². The van der Waals surface area contributed by atoms with Gasteiger partial charge in [-0.1, -0.05) is 6.92 Å². The van der Waals surface area contributed by atoms with Crippen LogP contribution in [0.1, 0.15) is 30.1 Å². The van der Waals surface area contributed by atoms with Crippen LogP contribution in [0.15, 0.2) is 18.2 Å². The molecule has 1 aliphatic rings. The van der Waals surface area contributed by atoms with Crippen LogP contribution in [0.4, 0.5) is 11.4 Å². The van der Waals surface area contributed by atoms with E-state index in [9.17, 15) is 14.9 Å². The normalized spacial score (nSPS) is 16.6. The summed E-state index contributed by atoms with van der Waals surface area (Å²) in [5.74, 6) is -0.589. The van der Waals surface area contributed by atoms with E-state index < -0.39 is 10.8 Å². The first-order valence-corrected chi connectivity index (χ1v) is 7.08. The minimum absolute atomic E-state index is 0.0297. The lowest BCUT2D eigenvalue weighted by atomic mass is 10.0. The Morgan fingerprint density at radius 3 is 2.67 bits per heavy atom. The second-order valence-corrected chi connectivity index (χ2v) is 5.21. The lowest BCUT2D eigenvalue weighted by molar-refractivity contribution is -0.384. The van der Waals surface area contributed by atoms with E-state index in [-0.39, 0.29) is 17.3 Å². The predicted molar refractivity (Wildman–Crippen MR) is 80.4 cm³/mol. The largest absolute Gasteiger partial charge is 0.377 e. The Morgan fingerprint density at radius 2 is 2.14 bits per heavy atom. The minimum Gasteiger partial charge on any atom is -0.377 e. The summed E-state index contributed by atoms with van der Waals surface area (Å²) in [6.45, 7) is 5.08. The van der Waals surface area contributed by atoms with Crippen LogP contribution in [0.5, 0.6) is 0 Å². The molecule has 0 radical (unpaired) electrons. The van der Waals surface area contributed by atoms with Gasteiger partial charge >= 0.3 is 0 Å². The molecular formula is C14H20N4O3. The standard InChI is InChI=1S/C14H20N4O3/c1-2-17-7-5-11(6-8-17)16-12-9-10(14(15)19)3-4-13(12)18(20)21/h3-4,9,11,16H,2,5-8H2,1H3,(H2,15,19). The number of carbonyl (C=O) groups is 1. The van der Waals surface area contributed by atoms with Crippen molar-refractivity contribution < 1.29 is 9.72 Å². The molecule has 0 spiro atoms. The molecule has 7 heteroatoms. The van der Waals surface area contributed by atoms with E-state index in [1.165, 1.54) is 18.2 Å². The summed E-state index contributed by atoms with van der Waals surface area (Å²) in [6.07, 6.45) is 1.84. The van der Waals surface area contributed by atoms with E-state index in [1.807, 2.05) is 0 Å². The number of nitro benzene ring substituents is 1. The fourth-order valence-corrected chi connectivity index (χ4v) is 2.58. The third-order valence-electron chi connectivity index (χ3n) is 3.87. The first-order chi connectivity index (χ1) is 10.0. The molecule has 1 aromatic carbocycles. The van der Waals surface area contributed by atoms with E-state index in [2.05, 4.69) is 17.1 Å². The van der Waals surface area contributed by atoms with Crippen LogP contribution >= 0.6 is 0 Å². The van der Waals surface area contributed by atoms with Crippen molar-refractivity contribution in [3.8, 4) is 0 Å². The molecule has 0 bridgehead atoms. The second-order valence-electron chi connectivity index (χ2n) is 5.21. The van der Waals surface area contributed by atoms with Crippen molar-refractivity contribution in [2.24, 2.45) is 5.73 Å². The van der Waals surface area contributed by atoms with Gasteiger partial charge in [0.25, 0.3) is 5.69 Å². The van der Waals surface area contributed by atoms with Crippen LogP contribution in [-0.2, 0) is 0 Å². The Bertz CT molecular complexity index is 539. The number of primary amides is 1. The van der Waals surface area contributed by atoms with E-state index in [0.29, 0.717) is 5.69 Å². The van der Waals surface area contributed by atoms with Crippen LogP contribution in [0, 0.1) is 10.1 Å². The highest BCUT2D eigenvalue weighted by Gasteiger charge is 2.22. The zero-order chi connectivity index (χ0) is 15.4. The molecule has 1 saturated heterocycles. The Kier molecular flexibility index (Phi) is 4.74. The van der Waals surface area contributed by atoms with Crippen molar-refractivity contribution in [1.82, 2.24) is 4.90 Å². The van der Waals surface area contributed by atoms with Crippen molar-refractivity contribution >= 4 is 17.3 Å². The molecule has 1 amide bonds. The molecule has 0 saturated carbocycles. The molecule has 0 unspecified atom stereocenters. The van der Waals surface area contributed by atoms with E-state index in [0.717, 1.165) is 32.5 Å². The Labute approximate surface area is 123 Å². The number of nitrogens with zero attached hydrogens (tertiary/aromatic N) is 2. The minimum atomic E-state index is -0.589. The van der Waals surface area contributed by atoms with Crippen LogP contribution < -0.4 is 11.1 Å². The van der Waals surface area contributed by atoms with Gasteiger partial charge < -0.3 is 16.0 Å². The van der Waals surface area contributed by atoms with Crippen molar-refractivity contribution in [3.63, 3.8) is 0 Å². The zero-order valence-corrected chi connectivity index (χ0v) is 12.0. The van der Waals surface area contributed by atoms with E-state index in [1.54, 1.807) is 0 Å². The number of carbonyl (C=O) groups excluding carboxylic acids is 1. The molecule has 7 nitrogen and oxygen atoms in total. The molecular weight excluding hydrogens is 272 g/mol. The maximum Gasteiger partial charge on any atom is 0.292 e. The third-order valence-corrected chi connectivity index (χ3v) is 3.87. The number of amides is 1. The maximum absolute atomic E-state index is 11.2. The molecule has 0 aromatic heterocycles. The van der Waals surface area contributed by atoms with Gasteiger partial charge in [0, 0.05) is 30.8 Å². The summed E-state index contributed by atoms with van der Waals surface area (Å²) in [7, 11) is 0. The third kappa shape index (κ3) is 3.69. The monoisotopic (exact) mass is 292 g/mol. The molecule has 0 atom stereocenters. The Morgan fingerprint density at radius 1 is 1.48 bits per heavy atom. The quantitative estimate of drug-likeness (QED) is 0.634. The topological polar surface area (TPSA) is 102 Å². The number of nitrogens with two attached hydrogens (primary N) is 1. The van der Waals surface area contributed by atoms with Crippen LogP contribution in [0.25, 0.3) is 0 Å². The van der Waals surface area contributed by atoms with Gasteiger partial charge in [0.2, 0.25) is 5.91 Å². The number of nitrogens with one attached hydrogen (secondary N) is 1. The summed E-state index contributed by atoms with van der Waals surface area (Å²) in [4.78, 5) is 24.2. The first kappa shape index (κ1) is 15.2. The second kappa shape index (κ2) is 6.53. The van der Waals surface area contributed by atoms with Crippen molar-refractivity contribution in [1.29, 1.82) is 0 Å². The van der Waals surface area contributed by atoms with Gasteiger partial charge in [0.15, 0.2) is 0 Å². The van der Waals surface area contributed by atoms with Crippen molar-refractivity contribution in [3.05, 3.63) is 33.9 Å². The van der Waals surface area contributed by atoms with Gasteiger partial charge in [0.05, 0.1) is 4.92 Å². The molecule has 21 heavy (non-hydrogen) atoms. The fraction of sp³-hybridized carbons (Fsp3) is 0.500. The number of benzene rings is 1. The molecule has 114 valence electrons. The average Bonchev–Trinajstić information content (AvgIpc) is 2.47. The molecule has 1 aromatic rings. The van der Waals surface area contributed by atoms with Crippen molar-refractivity contribution in [2.45, 2.75) is 25.8 Å². The van der Waals surface area contributed by atoms with Gasteiger partial charge in [-0.05, 0) is 31.5 Å². The highest BCUT2D eigenvalue weighted by molar-refractivity contribution is 5.94. The van der Waals surface area contributed by atoms with Crippen LogP contribution in [0.2, 0.25) is 0 Å². The molecule has 1 fully saturated rings. The smallest absolute Gasteiger partial charge is 0.292 e. The SMILES string of the molecule is CCN1CCC(Nc2cc(C(N)=O)ccc2[N+](=O)[O-])CC1. The first-order valence-electron chi connectivity index (χ1n) is 7.08. The predicted octanol–water partition coefficient (Wildman–Crippen LogP) is 1.59. The van der Waals surface area contributed by atoms with Crippen molar-refractivity contribution in [2.75, 3.05) is 25.0 Å². The number of anilines is 1. The summed E-state index contributed by atoms with van der Waals surface area (Å²) >= 11 is 0. The highest BCUT2D eigenvalue weighted by atomic mass is 16.6. The van der Waals surface area contributed by atoms with Gasteiger partial charge in [-0.15, -0.1) is 0 Å². The summed E-state index contributed by atoms with van der Waals surface area (Å²) < 4.78 is 0. The number of hydrogen-bond acceptors (Lipinski definition) is 5. The van der Waals surface area contributed by atoms with E-state index in [4.69, 9.17) is 5.73 Å². The van der Waals surface area contributed by atoms with E-state index >= 15 is 0 Å². The summed E-state index contributed by atoms with van der Waals surface area (Å²) in [5.41, 5.74) is 5.84. The maximum atomic E-state index is 11.2. The summed E-state index contributed by atoms with van der Waals surface area (Å²) in [6, 6.07) is 4.34. The Hall–Kier alpha value is -2.15. The summed E-state index contributed by atoms with van der Waals surface area (Å²) in [5, 5.41) is 14.3. The highest BCUT2D eigenvalue weighted by Crippen LogP contribution is 2.27. The molecule has 2 rings (SSSR count). The number of hydrogen-bond donors (Lipinski definition) is 2. The lowest BCUT2D eigenvalue weighted by Gasteiger charge is -2.31. The molecule has 3 N–H and O–H groups in total. The molecule has 1 heterocycles. The number of piperidine rings is 1. The lowest BCUT2D eigenvalue weighted by Crippen LogP contribution is -2.39. The fourth-order valence-electron chi connectivity index (χ4n) is 2.58. The number of likely N-dealkylation sites (tertiary alicyclic amines) is 1. The average molecular weight is 292 g/mol. The van der Waals surface area contributed by atoms with Gasteiger partial charge in [-0.3, -0.25) is 14.9 Å². The molecule has 0 aliphatic carbocycles. The number of rotatable bonds is 5. The Balaban J connectivity index is 2.15. The van der Waals surface area contributed by atoms with Gasteiger partial charge in [0.1, 0.15) is 5.69 Å². The van der Waals surface area contributed by atoms with Gasteiger partial charge in [-0.2, -0.15) is 0 Å². The van der Waals surface area contributed by atoms with Gasteiger partial charge in [-0.25, -0.2) is 0 Å². The number of nitro groups is 1. The van der Waals surface area contributed by atoms with Crippen LogP contribution in [-0.4, -0.2) is 41.4 Å².